The summed E-state index contributed by atoms with van der Waals surface area (Å²) in [5, 5.41) is 8.69. The minimum Gasteiger partial charge on any atom is -0.357 e. The van der Waals surface area contributed by atoms with Gasteiger partial charge in [0.2, 0.25) is 0 Å². The van der Waals surface area contributed by atoms with Gasteiger partial charge in [0.15, 0.2) is 0 Å². The van der Waals surface area contributed by atoms with Crippen molar-refractivity contribution in [3.8, 4) is 0 Å². The van der Waals surface area contributed by atoms with Gasteiger partial charge in [0, 0.05) is 41.8 Å². The number of nitrogens with one attached hydrogen (secondary N) is 3. The van der Waals surface area contributed by atoms with Crippen molar-refractivity contribution in [3.63, 3.8) is 0 Å². The minimum absolute atomic E-state index is 0.346. The van der Waals surface area contributed by atoms with Crippen molar-refractivity contribution in [1.29, 1.82) is 0 Å². The third-order valence-corrected chi connectivity index (χ3v) is 6.14. The van der Waals surface area contributed by atoms with E-state index in [1.54, 1.807) is 0 Å². The Kier molecular flexibility index (Phi) is 4.35. The van der Waals surface area contributed by atoms with Gasteiger partial charge in [-0.05, 0) is 60.6 Å². The average molecular weight is 358 g/mol. The van der Waals surface area contributed by atoms with E-state index in [0.29, 0.717) is 12.1 Å². The minimum atomic E-state index is 0.346. The summed E-state index contributed by atoms with van der Waals surface area (Å²) in [6, 6.07) is 18.4. The van der Waals surface area contributed by atoms with Gasteiger partial charge in [-0.2, -0.15) is 0 Å². The Hall–Kier alpha value is -2.36. The lowest BCUT2D eigenvalue weighted by molar-refractivity contribution is 0.410. The molecule has 1 aliphatic carbocycles. The van der Waals surface area contributed by atoms with Crippen LogP contribution in [0.4, 0.5) is 0 Å². The van der Waals surface area contributed by atoms with E-state index in [2.05, 4.69) is 77.1 Å². The summed E-state index contributed by atoms with van der Waals surface area (Å²) < 4.78 is 0. The van der Waals surface area contributed by atoms with Crippen LogP contribution in [0.15, 0.2) is 54.6 Å². The number of aryl methyl sites for hydroxylation is 1. The van der Waals surface area contributed by atoms with E-state index >= 15 is 0 Å². The van der Waals surface area contributed by atoms with Crippen molar-refractivity contribution in [3.05, 3.63) is 77.0 Å². The highest BCUT2D eigenvalue weighted by atomic mass is 15.0. The lowest BCUT2D eigenvalue weighted by Gasteiger charge is -2.27. The monoisotopic (exact) mass is 357 g/mol. The quantitative estimate of drug-likeness (QED) is 0.622. The smallest absolute Gasteiger partial charge is 0.0480 e. The van der Waals surface area contributed by atoms with E-state index < -0.39 is 0 Å². The molecule has 2 heterocycles. The highest BCUT2D eigenvalue weighted by Gasteiger charge is 2.26. The fourth-order valence-corrected chi connectivity index (χ4v) is 4.66. The number of benzene rings is 2. The van der Waals surface area contributed by atoms with Crippen molar-refractivity contribution < 1.29 is 0 Å². The van der Waals surface area contributed by atoms with Crippen LogP contribution in [0.3, 0.4) is 0 Å². The highest BCUT2D eigenvalue weighted by Crippen LogP contribution is 2.37. The first-order valence-corrected chi connectivity index (χ1v) is 10.2. The van der Waals surface area contributed by atoms with Gasteiger partial charge >= 0.3 is 0 Å². The van der Waals surface area contributed by atoms with Gasteiger partial charge in [-0.3, -0.25) is 0 Å². The normalized spacial score (nSPS) is 20.5. The molecule has 2 aliphatic rings. The maximum atomic E-state index is 3.87. The largest absolute Gasteiger partial charge is 0.357 e. The van der Waals surface area contributed by atoms with E-state index in [-0.39, 0.29) is 0 Å². The molecule has 138 valence electrons. The third-order valence-electron chi connectivity index (χ3n) is 6.14. The van der Waals surface area contributed by atoms with Crippen LogP contribution in [-0.4, -0.2) is 18.1 Å². The van der Waals surface area contributed by atoms with Gasteiger partial charge in [-0.25, -0.2) is 0 Å². The number of rotatable bonds is 4. The molecule has 3 N–H and O–H groups in total. The summed E-state index contributed by atoms with van der Waals surface area (Å²) >= 11 is 0. The fraction of sp³-hybridized carbons (Fsp3) is 0.333. The van der Waals surface area contributed by atoms with Crippen molar-refractivity contribution in [2.24, 2.45) is 0 Å². The van der Waals surface area contributed by atoms with Gasteiger partial charge in [-0.15, -0.1) is 0 Å². The molecule has 2 atom stereocenters. The lowest BCUT2D eigenvalue weighted by Crippen LogP contribution is -2.27. The first-order valence-electron chi connectivity index (χ1n) is 10.2. The molecule has 3 aromatic rings. The second kappa shape index (κ2) is 6.99. The van der Waals surface area contributed by atoms with Crippen LogP contribution in [0.1, 0.15) is 54.2 Å². The maximum absolute atomic E-state index is 3.87. The molecule has 0 fully saturated rings. The van der Waals surface area contributed by atoms with E-state index in [1.807, 2.05) is 0 Å². The standard InChI is InChI=1S/C24H27N3/c1-16(17-6-3-2-4-7-17)26-23-9-5-8-20-21-14-18(19-12-13-25-15-19)10-11-22(21)27-24(20)23/h2-4,6-7,10-12,14,16,23,25-27H,5,8-9,13,15H2,1H3/t16?,23-/m1/s1. The van der Waals surface area contributed by atoms with E-state index in [1.165, 1.54) is 58.1 Å². The first-order chi connectivity index (χ1) is 13.3. The zero-order valence-corrected chi connectivity index (χ0v) is 15.9. The molecule has 2 aromatic carbocycles. The second-order valence-corrected chi connectivity index (χ2v) is 7.88. The predicted molar refractivity (Wildman–Crippen MR) is 113 cm³/mol. The molecular weight excluding hydrogens is 330 g/mol. The maximum Gasteiger partial charge on any atom is 0.0480 e. The summed E-state index contributed by atoms with van der Waals surface area (Å²) in [5.74, 6) is 0. The number of fused-ring (bicyclic) bond motifs is 3. The zero-order valence-electron chi connectivity index (χ0n) is 15.9. The van der Waals surface area contributed by atoms with E-state index in [0.717, 1.165) is 13.1 Å². The number of aromatic amines is 1. The lowest BCUT2D eigenvalue weighted by atomic mass is 9.90. The van der Waals surface area contributed by atoms with Crippen LogP contribution in [0.2, 0.25) is 0 Å². The number of hydrogen-bond donors (Lipinski definition) is 3. The van der Waals surface area contributed by atoms with Crippen LogP contribution in [0.5, 0.6) is 0 Å². The van der Waals surface area contributed by atoms with Gasteiger partial charge < -0.3 is 15.6 Å². The molecule has 0 radical (unpaired) electrons. The molecule has 1 aromatic heterocycles. The Labute approximate surface area is 160 Å². The SMILES string of the molecule is CC(N[C@@H]1CCCc2c1[nH]c1ccc(C3=CCNC3)cc21)c1ccccc1. The molecule has 3 heteroatoms. The number of aromatic nitrogens is 1. The Morgan fingerprint density at radius 2 is 2.00 bits per heavy atom. The summed E-state index contributed by atoms with van der Waals surface area (Å²) in [6.07, 6.45) is 5.92. The van der Waals surface area contributed by atoms with Gasteiger partial charge in [0.25, 0.3) is 0 Å². The van der Waals surface area contributed by atoms with Crippen molar-refractivity contribution in [2.75, 3.05) is 13.1 Å². The first kappa shape index (κ1) is 16.8. The van der Waals surface area contributed by atoms with E-state index in [4.69, 9.17) is 0 Å². The Balaban J connectivity index is 1.47. The summed E-state index contributed by atoms with van der Waals surface area (Å²) in [5.41, 5.74) is 8.33. The molecule has 1 aliphatic heterocycles. The van der Waals surface area contributed by atoms with Crippen LogP contribution < -0.4 is 10.6 Å². The van der Waals surface area contributed by atoms with Crippen LogP contribution in [-0.2, 0) is 6.42 Å². The molecule has 0 saturated heterocycles. The Bertz CT molecular complexity index is 984. The summed E-state index contributed by atoms with van der Waals surface area (Å²) in [4.78, 5) is 3.74. The molecule has 5 rings (SSSR count). The zero-order chi connectivity index (χ0) is 18.2. The molecule has 1 unspecified atom stereocenters. The fourth-order valence-electron chi connectivity index (χ4n) is 4.66. The predicted octanol–water partition coefficient (Wildman–Crippen LogP) is 4.88. The topological polar surface area (TPSA) is 39.9 Å². The Morgan fingerprint density at radius 3 is 2.81 bits per heavy atom. The van der Waals surface area contributed by atoms with Crippen molar-refractivity contribution in [2.45, 2.75) is 38.3 Å². The molecule has 0 bridgehead atoms. The van der Waals surface area contributed by atoms with Crippen LogP contribution in [0, 0.1) is 0 Å². The number of H-pyrrole nitrogens is 1. The highest BCUT2D eigenvalue weighted by molar-refractivity contribution is 5.89. The molecule has 0 saturated carbocycles. The van der Waals surface area contributed by atoms with Gasteiger partial charge in [-0.1, -0.05) is 42.5 Å². The summed E-state index contributed by atoms with van der Waals surface area (Å²) in [7, 11) is 0. The number of hydrogen-bond acceptors (Lipinski definition) is 2. The van der Waals surface area contributed by atoms with Crippen LogP contribution in [0.25, 0.3) is 16.5 Å². The summed E-state index contributed by atoms with van der Waals surface area (Å²) in [6.45, 7) is 4.24. The Morgan fingerprint density at radius 1 is 1.11 bits per heavy atom. The van der Waals surface area contributed by atoms with Gasteiger partial charge in [0.05, 0.1) is 0 Å². The molecule has 3 nitrogen and oxygen atoms in total. The molecule has 0 amide bonds. The van der Waals surface area contributed by atoms with E-state index in [9.17, 15) is 0 Å². The molecular formula is C24H27N3. The van der Waals surface area contributed by atoms with Crippen LogP contribution >= 0.6 is 0 Å². The van der Waals surface area contributed by atoms with Crippen molar-refractivity contribution in [1.82, 2.24) is 15.6 Å². The van der Waals surface area contributed by atoms with Crippen molar-refractivity contribution >= 4 is 16.5 Å². The average Bonchev–Trinajstić information content (AvgIpc) is 3.37. The second-order valence-electron chi connectivity index (χ2n) is 7.88. The molecule has 0 spiro atoms. The molecule has 27 heavy (non-hydrogen) atoms. The van der Waals surface area contributed by atoms with Gasteiger partial charge in [0.1, 0.15) is 0 Å². The third kappa shape index (κ3) is 3.11.